The van der Waals surface area contributed by atoms with E-state index in [-0.39, 0.29) is 27.8 Å². The first kappa shape index (κ1) is 27.3. The van der Waals surface area contributed by atoms with Crippen LogP contribution in [0.4, 0.5) is 30.7 Å². The molecule has 0 N–H and O–H groups in total. The second-order valence-corrected chi connectivity index (χ2v) is 9.91. The zero-order chi connectivity index (χ0) is 26.7. The summed E-state index contributed by atoms with van der Waals surface area (Å²) < 4.78 is 101. The number of hydrogen-bond acceptors (Lipinski definition) is 1. The molecule has 0 spiro atoms. The first-order valence-corrected chi connectivity index (χ1v) is 12.7. The molecule has 0 bridgehead atoms. The Bertz CT molecular complexity index is 1220. The van der Waals surface area contributed by atoms with E-state index in [1.54, 1.807) is 0 Å². The van der Waals surface area contributed by atoms with Crippen LogP contribution < -0.4 is 4.74 Å². The molecule has 0 saturated heterocycles. The van der Waals surface area contributed by atoms with Crippen LogP contribution in [0.3, 0.4) is 0 Å². The minimum atomic E-state index is -4.77. The van der Waals surface area contributed by atoms with Crippen LogP contribution in [-0.2, 0) is 0 Å². The number of ether oxygens (including phenoxy) is 1. The fourth-order valence-corrected chi connectivity index (χ4v) is 5.32. The summed E-state index contributed by atoms with van der Waals surface area (Å²) in [6.45, 7) is 0.319. The molecule has 4 rings (SSSR count). The van der Waals surface area contributed by atoms with Crippen molar-refractivity contribution in [2.24, 2.45) is 5.92 Å². The number of unbranched alkanes of at least 4 members (excludes halogenated alkanes) is 2. The van der Waals surface area contributed by atoms with Gasteiger partial charge in [-0.05, 0) is 78.3 Å². The lowest BCUT2D eigenvalue weighted by atomic mass is 9.76. The Morgan fingerprint density at radius 2 is 1.51 bits per heavy atom. The average Bonchev–Trinajstić information content (AvgIpc) is 2.83. The number of fused-ring (bicyclic) bond motifs is 1. The lowest BCUT2D eigenvalue weighted by Gasteiger charge is -2.29. The maximum atomic E-state index is 15.2. The van der Waals surface area contributed by atoms with Crippen molar-refractivity contribution in [2.45, 2.75) is 70.4 Å². The summed E-state index contributed by atoms with van der Waals surface area (Å²) in [4.78, 5) is 0. The number of halogens is 7. The van der Waals surface area contributed by atoms with E-state index in [2.05, 4.69) is 11.7 Å². The smallest absolute Gasteiger partial charge is 0.422 e. The van der Waals surface area contributed by atoms with Gasteiger partial charge in [0.1, 0.15) is 11.6 Å². The predicted octanol–water partition coefficient (Wildman–Crippen LogP) is 9.86. The molecule has 0 aliphatic heterocycles. The molecule has 8 heteroatoms. The molecular formula is C29H29F7O. The third-order valence-corrected chi connectivity index (χ3v) is 7.25. The van der Waals surface area contributed by atoms with Gasteiger partial charge in [0, 0.05) is 5.39 Å². The highest BCUT2D eigenvalue weighted by atomic mass is 19.4. The van der Waals surface area contributed by atoms with Crippen LogP contribution in [0.25, 0.3) is 21.9 Å². The average molecular weight is 527 g/mol. The molecule has 0 aromatic heterocycles. The Kier molecular flexibility index (Phi) is 8.34. The van der Waals surface area contributed by atoms with Gasteiger partial charge in [0.05, 0.1) is 5.56 Å². The molecule has 0 amide bonds. The molecule has 3 aromatic carbocycles. The summed E-state index contributed by atoms with van der Waals surface area (Å²) in [7, 11) is 0. The Morgan fingerprint density at radius 1 is 0.838 bits per heavy atom. The normalized spacial score (nSPS) is 18.4. The Labute approximate surface area is 211 Å². The lowest BCUT2D eigenvalue weighted by molar-refractivity contribution is -0.154. The van der Waals surface area contributed by atoms with Crippen molar-refractivity contribution < 1.29 is 35.5 Å². The second-order valence-electron chi connectivity index (χ2n) is 9.91. The lowest BCUT2D eigenvalue weighted by Crippen LogP contribution is -2.20. The van der Waals surface area contributed by atoms with Crippen molar-refractivity contribution in [1.82, 2.24) is 0 Å². The van der Waals surface area contributed by atoms with Gasteiger partial charge in [0.15, 0.2) is 24.0 Å². The molecular weight excluding hydrogens is 497 g/mol. The van der Waals surface area contributed by atoms with Gasteiger partial charge in [-0.25, -0.2) is 17.6 Å². The predicted molar refractivity (Wildman–Crippen MR) is 130 cm³/mol. The maximum Gasteiger partial charge on any atom is 0.422 e. The fourth-order valence-electron chi connectivity index (χ4n) is 5.32. The molecule has 1 nitrogen and oxygen atoms in total. The van der Waals surface area contributed by atoms with Crippen molar-refractivity contribution in [3.8, 4) is 16.9 Å². The van der Waals surface area contributed by atoms with Crippen molar-refractivity contribution >= 4 is 10.8 Å². The Balaban J connectivity index is 1.56. The van der Waals surface area contributed by atoms with Gasteiger partial charge in [-0.3, -0.25) is 0 Å². The van der Waals surface area contributed by atoms with Gasteiger partial charge in [-0.2, -0.15) is 13.2 Å². The molecule has 1 saturated carbocycles. The summed E-state index contributed by atoms with van der Waals surface area (Å²) in [5.41, 5.74) is 0.351. The van der Waals surface area contributed by atoms with Gasteiger partial charge in [-0.1, -0.05) is 44.7 Å². The highest BCUT2D eigenvalue weighted by Gasteiger charge is 2.30. The van der Waals surface area contributed by atoms with Crippen LogP contribution >= 0.6 is 0 Å². The van der Waals surface area contributed by atoms with Crippen molar-refractivity contribution in [1.29, 1.82) is 0 Å². The summed E-state index contributed by atoms with van der Waals surface area (Å²) in [5.74, 6) is -4.61. The number of hydrogen-bond donors (Lipinski definition) is 0. The molecule has 1 aliphatic carbocycles. The molecule has 0 heterocycles. The van der Waals surface area contributed by atoms with Crippen molar-refractivity contribution in [3.05, 3.63) is 65.2 Å². The van der Waals surface area contributed by atoms with E-state index >= 15 is 8.78 Å². The molecule has 37 heavy (non-hydrogen) atoms. The minimum Gasteiger partial charge on any atom is -0.478 e. The fraction of sp³-hybridized carbons (Fsp3) is 0.448. The van der Waals surface area contributed by atoms with E-state index < -0.39 is 41.8 Å². The number of alkyl halides is 3. The monoisotopic (exact) mass is 526 g/mol. The molecule has 1 aliphatic rings. The van der Waals surface area contributed by atoms with Crippen molar-refractivity contribution in [3.63, 3.8) is 0 Å². The summed E-state index contributed by atoms with van der Waals surface area (Å²) in [6, 6.07) is 7.06. The van der Waals surface area contributed by atoms with Gasteiger partial charge in [0.2, 0.25) is 0 Å². The van der Waals surface area contributed by atoms with Crippen LogP contribution in [0.1, 0.15) is 69.8 Å². The molecule has 0 atom stereocenters. The van der Waals surface area contributed by atoms with Gasteiger partial charge in [-0.15, -0.1) is 0 Å². The molecule has 3 aromatic rings. The maximum absolute atomic E-state index is 15.2. The van der Waals surface area contributed by atoms with E-state index in [4.69, 9.17) is 0 Å². The largest absolute Gasteiger partial charge is 0.478 e. The van der Waals surface area contributed by atoms with Gasteiger partial charge < -0.3 is 4.74 Å². The van der Waals surface area contributed by atoms with E-state index in [0.29, 0.717) is 11.5 Å². The summed E-state index contributed by atoms with van der Waals surface area (Å²) in [5, 5.41) is -0.286. The van der Waals surface area contributed by atoms with E-state index in [1.807, 2.05) is 0 Å². The molecule has 0 radical (unpaired) electrons. The quantitative estimate of drug-likeness (QED) is 0.210. The zero-order valence-corrected chi connectivity index (χ0v) is 20.5. The van der Waals surface area contributed by atoms with Gasteiger partial charge >= 0.3 is 6.18 Å². The van der Waals surface area contributed by atoms with E-state index in [0.717, 1.165) is 37.8 Å². The topological polar surface area (TPSA) is 9.23 Å². The third kappa shape index (κ3) is 6.39. The standard InChI is InChI=1S/C29H29F7O/c1-2-3-4-5-17-6-8-18(9-7-17)20-13-23(30)26(24(31)14-20)19-10-11-22-21(12-19)15-25(32)28(27(22)33)37-16-29(34,35)36/h10-15,17-18H,2-9,16H2,1H3. The van der Waals surface area contributed by atoms with E-state index in [9.17, 15) is 22.0 Å². The first-order valence-electron chi connectivity index (χ1n) is 12.7. The molecule has 0 unspecified atom stereocenters. The van der Waals surface area contributed by atoms with Gasteiger partial charge in [0.25, 0.3) is 0 Å². The summed E-state index contributed by atoms with van der Waals surface area (Å²) in [6.07, 6.45) is 3.87. The SMILES string of the molecule is CCCCCC1CCC(c2cc(F)c(-c3ccc4c(F)c(OCC(F)(F)F)c(F)cc4c3)c(F)c2)CC1. The van der Waals surface area contributed by atoms with Crippen LogP contribution in [0, 0.1) is 29.2 Å². The minimum absolute atomic E-state index is 0.0591. The van der Waals surface area contributed by atoms with Crippen LogP contribution in [0.15, 0.2) is 36.4 Å². The van der Waals surface area contributed by atoms with Crippen LogP contribution in [0.5, 0.6) is 5.75 Å². The highest BCUT2D eigenvalue weighted by molar-refractivity contribution is 5.89. The highest BCUT2D eigenvalue weighted by Crippen LogP contribution is 2.40. The molecule has 200 valence electrons. The molecule has 1 fully saturated rings. The Hall–Kier alpha value is -2.77. The van der Waals surface area contributed by atoms with E-state index in [1.165, 1.54) is 49.9 Å². The number of rotatable bonds is 8. The zero-order valence-electron chi connectivity index (χ0n) is 20.5. The first-order chi connectivity index (χ1) is 17.6. The second kappa shape index (κ2) is 11.3. The van der Waals surface area contributed by atoms with Crippen LogP contribution in [-0.4, -0.2) is 12.8 Å². The van der Waals surface area contributed by atoms with Crippen molar-refractivity contribution in [2.75, 3.05) is 6.61 Å². The summed E-state index contributed by atoms with van der Waals surface area (Å²) >= 11 is 0. The number of benzene rings is 3. The van der Waals surface area contributed by atoms with Crippen LogP contribution in [0.2, 0.25) is 0 Å². The third-order valence-electron chi connectivity index (χ3n) is 7.25. The Morgan fingerprint density at radius 3 is 2.14 bits per heavy atom.